The van der Waals surface area contributed by atoms with E-state index < -0.39 is 0 Å². The molecule has 7 aromatic carbocycles. The van der Waals surface area contributed by atoms with Gasteiger partial charge in [0.1, 0.15) is 0 Å². The molecule has 0 atom stereocenters. The largest absolute Gasteiger partial charge is 0.453 e. The Morgan fingerprint density at radius 2 is 1.07 bits per heavy atom. The molecule has 0 fully saturated rings. The quantitative estimate of drug-likeness (QED) is 0.206. The Hall–Kier alpha value is -6.37. The van der Waals surface area contributed by atoms with Crippen LogP contribution in [0, 0.1) is 11.3 Å². The van der Waals surface area contributed by atoms with Crippen molar-refractivity contribution in [1.82, 2.24) is 4.57 Å². The molecule has 0 saturated carbocycles. The monoisotopic (exact) mass is 586 g/mol. The summed E-state index contributed by atoms with van der Waals surface area (Å²) in [4.78, 5) is 0. The zero-order chi connectivity index (χ0) is 30.6. The Bertz CT molecular complexity index is 2520. The summed E-state index contributed by atoms with van der Waals surface area (Å²) in [6, 6.07) is 57.1. The van der Waals surface area contributed by atoms with E-state index >= 15 is 0 Å². The fraction of sp³-hybridized carbons (Fsp3) is 0. The summed E-state index contributed by atoms with van der Waals surface area (Å²) < 4.78 is 8.86. The minimum absolute atomic E-state index is 0.663. The fourth-order valence-electron chi connectivity index (χ4n) is 6.84. The standard InChI is InChI=1S/C43H26N2O/c44-27-35-25-32(28-9-2-1-3-10-28)19-21-36(35)34-14-7-13-31(24-34)29-11-6-12-30(23-29)33-20-22-40-42(26-33)46-41-18-8-16-38-37-15-4-5-17-39(37)45(40)43(38)41/h1-26H. The average molecular weight is 587 g/mol. The minimum Gasteiger partial charge on any atom is -0.453 e. The molecule has 1 aromatic heterocycles. The van der Waals surface area contributed by atoms with Crippen molar-refractivity contribution < 1.29 is 4.74 Å². The van der Waals surface area contributed by atoms with Crippen molar-refractivity contribution >= 4 is 21.8 Å². The van der Waals surface area contributed by atoms with Gasteiger partial charge in [-0.25, -0.2) is 0 Å². The number of hydrogen-bond acceptors (Lipinski definition) is 2. The summed E-state index contributed by atoms with van der Waals surface area (Å²) in [6.45, 7) is 0. The molecular weight excluding hydrogens is 560 g/mol. The number of ether oxygens (including phenoxy) is 1. The number of hydrogen-bond donors (Lipinski definition) is 0. The highest BCUT2D eigenvalue weighted by atomic mass is 16.5. The molecule has 1 aliphatic rings. The van der Waals surface area contributed by atoms with Crippen LogP contribution in [0.2, 0.25) is 0 Å². The summed E-state index contributed by atoms with van der Waals surface area (Å²) in [6.07, 6.45) is 0. The van der Waals surface area contributed by atoms with Crippen molar-refractivity contribution in [3.05, 3.63) is 163 Å². The van der Waals surface area contributed by atoms with Crippen molar-refractivity contribution in [3.63, 3.8) is 0 Å². The van der Waals surface area contributed by atoms with Crippen LogP contribution < -0.4 is 4.74 Å². The third-order valence-electron chi connectivity index (χ3n) is 9.03. The minimum atomic E-state index is 0.663. The first-order chi connectivity index (χ1) is 22.7. The molecule has 0 bridgehead atoms. The van der Waals surface area contributed by atoms with Crippen molar-refractivity contribution in [1.29, 1.82) is 5.26 Å². The number of fused-ring (bicyclic) bond motifs is 5. The number of benzene rings is 7. The van der Waals surface area contributed by atoms with Gasteiger partial charge in [-0.05, 0) is 87.0 Å². The van der Waals surface area contributed by atoms with E-state index in [4.69, 9.17) is 4.74 Å². The second kappa shape index (κ2) is 10.4. The van der Waals surface area contributed by atoms with E-state index in [1.807, 2.05) is 30.3 Å². The number of rotatable bonds is 4. The van der Waals surface area contributed by atoms with Crippen molar-refractivity contribution in [2.45, 2.75) is 0 Å². The van der Waals surface area contributed by atoms with Crippen LogP contribution >= 0.6 is 0 Å². The maximum absolute atomic E-state index is 10.1. The van der Waals surface area contributed by atoms with E-state index in [0.29, 0.717) is 5.56 Å². The van der Waals surface area contributed by atoms with E-state index in [0.717, 1.165) is 67.2 Å². The zero-order valence-corrected chi connectivity index (χ0v) is 24.8. The molecule has 1 aliphatic heterocycles. The van der Waals surface area contributed by atoms with Gasteiger partial charge in [-0.2, -0.15) is 5.26 Å². The van der Waals surface area contributed by atoms with E-state index in [9.17, 15) is 5.26 Å². The highest BCUT2D eigenvalue weighted by Crippen LogP contribution is 2.46. The lowest BCUT2D eigenvalue weighted by Crippen LogP contribution is -2.04. The second-order valence-corrected chi connectivity index (χ2v) is 11.7. The van der Waals surface area contributed by atoms with Crippen LogP contribution in [0.3, 0.4) is 0 Å². The van der Waals surface area contributed by atoms with Gasteiger partial charge in [-0.15, -0.1) is 0 Å². The summed E-state index contributed by atoms with van der Waals surface area (Å²) in [5.41, 5.74) is 12.5. The van der Waals surface area contributed by atoms with Crippen LogP contribution in [0.15, 0.2) is 158 Å². The molecule has 0 radical (unpaired) electrons. The Labute approximate surface area is 266 Å². The number of para-hydroxylation sites is 2. The van der Waals surface area contributed by atoms with Gasteiger partial charge in [0, 0.05) is 10.8 Å². The average Bonchev–Trinajstić information content (AvgIpc) is 3.47. The normalized spacial score (nSPS) is 11.6. The van der Waals surface area contributed by atoms with Crippen LogP contribution in [0.1, 0.15) is 5.56 Å². The number of nitrogens with zero attached hydrogens (tertiary/aromatic N) is 2. The lowest BCUT2D eigenvalue weighted by atomic mass is 9.93. The van der Waals surface area contributed by atoms with Crippen LogP contribution in [-0.4, -0.2) is 4.57 Å². The van der Waals surface area contributed by atoms with E-state index in [2.05, 4.69) is 138 Å². The Morgan fingerprint density at radius 1 is 0.457 bits per heavy atom. The van der Waals surface area contributed by atoms with Gasteiger partial charge in [-0.1, -0.05) is 115 Å². The zero-order valence-electron chi connectivity index (χ0n) is 24.8. The molecule has 0 unspecified atom stereocenters. The Kier molecular flexibility index (Phi) is 5.88. The van der Waals surface area contributed by atoms with Gasteiger partial charge in [0.15, 0.2) is 11.5 Å². The maximum atomic E-state index is 10.1. The summed E-state index contributed by atoms with van der Waals surface area (Å²) in [5.74, 6) is 1.71. The Morgan fingerprint density at radius 3 is 1.87 bits per heavy atom. The van der Waals surface area contributed by atoms with Crippen LogP contribution in [-0.2, 0) is 0 Å². The highest BCUT2D eigenvalue weighted by Gasteiger charge is 2.23. The van der Waals surface area contributed by atoms with Gasteiger partial charge in [0.05, 0.1) is 28.4 Å². The maximum Gasteiger partial charge on any atom is 0.152 e. The molecule has 0 aliphatic carbocycles. The molecular formula is C43H26N2O. The van der Waals surface area contributed by atoms with E-state index in [1.54, 1.807) is 0 Å². The molecule has 3 heteroatoms. The van der Waals surface area contributed by atoms with Gasteiger partial charge in [0.25, 0.3) is 0 Å². The lowest BCUT2D eigenvalue weighted by molar-refractivity contribution is 0.476. The summed E-state index contributed by atoms with van der Waals surface area (Å²) in [7, 11) is 0. The molecule has 46 heavy (non-hydrogen) atoms. The first kappa shape index (κ1) is 26.1. The summed E-state index contributed by atoms with van der Waals surface area (Å²) >= 11 is 0. The molecule has 0 N–H and O–H groups in total. The molecule has 214 valence electrons. The second-order valence-electron chi connectivity index (χ2n) is 11.7. The number of nitriles is 1. The van der Waals surface area contributed by atoms with E-state index in [-0.39, 0.29) is 0 Å². The summed E-state index contributed by atoms with van der Waals surface area (Å²) in [5, 5.41) is 12.5. The predicted molar refractivity (Wildman–Crippen MR) is 187 cm³/mol. The van der Waals surface area contributed by atoms with Crippen molar-refractivity contribution in [3.8, 4) is 67.8 Å². The van der Waals surface area contributed by atoms with Gasteiger partial charge >= 0.3 is 0 Å². The van der Waals surface area contributed by atoms with Gasteiger partial charge in [-0.3, -0.25) is 0 Å². The van der Waals surface area contributed by atoms with Crippen LogP contribution in [0.5, 0.6) is 11.5 Å². The molecule has 0 spiro atoms. The van der Waals surface area contributed by atoms with Gasteiger partial charge < -0.3 is 9.30 Å². The SMILES string of the molecule is N#Cc1cc(-c2ccccc2)ccc1-c1cccc(-c2cccc(-c3ccc4c(c3)Oc3cccc5c6ccccc6n-4c35)c2)c1. The highest BCUT2D eigenvalue weighted by molar-refractivity contribution is 6.12. The van der Waals surface area contributed by atoms with Crippen molar-refractivity contribution in [2.75, 3.05) is 0 Å². The Balaban J connectivity index is 1.08. The lowest BCUT2D eigenvalue weighted by Gasteiger charge is -2.21. The topological polar surface area (TPSA) is 37.9 Å². The molecule has 9 rings (SSSR count). The van der Waals surface area contributed by atoms with Crippen LogP contribution in [0.25, 0.3) is 72.0 Å². The third-order valence-corrected chi connectivity index (χ3v) is 9.03. The predicted octanol–water partition coefficient (Wildman–Crippen LogP) is 11.4. The first-order valence-corrected chi connectivity index (χ1v) is 15.4. The molecule has 8 aromatic rings. The van der Waals surface area contributed by atoms with E-state index in [1.165, 1.54) is 16.3 Å². The van der Waals surface area contributed by atoms with Crippen LogP contribution in [0.4, 0.5) is 0 Å². The first-order valence-electron chi connectivity index (χ1n) is 15.4. The molecule has 2 heterocycles. The smallest absolute Gasteiger partial charge is 0.152 e. The fourth-order valence-corrected chi connectivity index (χ4v) is 6.84. The molecule has 0 amide bonds. The van der Waals surface area contributed by atoms with Gasteiger partial charge in [0.2, 0.25) is 0 Å². The third kappa shape index (κ3) is 4.13. The number of aromatic nitrogens is 1. The molecule has 3 nitrogen and oxygen atoms in total. The molecule has 0 saturated heterocycles. The van der Waals surface area contributed by atoms with Crippen molar-refractivity contribution in [2.24, 2.45) is 0 Å².